The molecular formula is C8H14Cl2N2O2S. The highest BCUT2D eigenvalue weighted by atomic mass is 35.5. The number of amides is 2. The Labute approximate surface area is 104 Å². The number of carbonyl (C=O) groups excluding carboxylic acids is 2. The van der Waals surface area contributed by atoms with Gasteiger partial charge in [0, 0.05) is 28.2 Å². The van der Waals surface area contributed by atoms with Crippen molar-refractivity contribution in [3.05, 3.63) is 0 Å². The van der Waals surface area contributed by atoms with Crippen molar-refractivity contribution in [2.24, 2.45) is 0 Å². The Morgan fingerprint density at radius 1 is 0.933 bits per heavy atom. The molecule has 0 saturated carbocycles. The number of thioether (sulfide) groups is 1. The molecule has 0 aromatic heterocycles. The zero-order valence-electron chi connectivity index (χ0n) is 9.03. The van der Waals surface area contributed by atoms with Gasteiger partial charge in [-0.2, -0.15) is 0 Å². The fraction of sp³-hybridized carbons (Fsp3) is 0.750. The first-order valence-corrected chi connectivity index (χ1v) is 5.95. The van der Waals surface area contributed by atoms with Gasteiger partial charge >= 0.3 is 0 Å². The average molecular weight is 273 g/mol. The number of nitrogens with zero attached hydrogens (tertiary/aromatic N) is 2. The molecule has 0 rings (SSSR count). The summed E-state index contributed by atoms with van der Waals surface area (Å²) in [5.74, 6) is -0.558. The average Bonchev–Trinajstić information content (AvgIpc) is 2.14. The van der Waals surface area contributed by atoms with Gasteiger partial charge in [0.1, 0.15) is 0 Å². The molecule has 7 heteroatoms. The standard InChI is InChI=1S/C8H14Cl2N2O2S/c1-11(2)7(13)5(9)15-6(10)8(14)12(3)4/h5-6H,1-4H3. The predicted octanol–water partition coefficient (Wildman–Crippen LogP) is 1.03. The normalized spacial score (nSPS) is 14.3. The van der Waals surface area contributed by atoms with Gasteiger partial charge in [-0.3, -0.25) is 9.59 Å². The van der Waals surface area contributed by atoms with Gasteiger partial charge < -0.3 is 9.80 Å². The van der Waals surface area contributed by atoms with Crippen LogP contribution < -0.4 is 0 Å². The van der Waals surface area contributed by atoms with Crippen LogP contribution in [0.25, 0.3) is 0 Å². The summed E-state index contributed by atoms with van der Waals surface area (Å²) in [4.78, 5) is 25.4. The van der Waals surface area contributed by atoms with Crippen molar-refractivity contribution in [1.29, 1.82) is 0 Å². The van der Waals surface area contributed by atoms with Crippen molar-refractivity contribution in [2.75, 3.05) is 28.2 Å². The van der Waals surface area contributed by atoms with E-state index < -0.39 is 9.42 Å². The van der Waals surface area contributed by atoms with Crippen LogP contribution in [-0.2, 0) is 9.59 Å². The van der Waals surface area contributed by atoms with Crippen LogP contribution in [0.4, 0.5) is 0 Å². The smallest absolute Gasteiger partial charge is 0.250 e. The second kappa shape index (κ2) is 6.45. The SMILES string of the molecule is CN(C)C(=O)C(Cl)SC(Cl)C(=O)N(C)C. The van der Waals surface area contributed by atoms with E-state index in [0.717, 1.165) is 11.8 Å². The van der Waals surface area contributed by atoms with Crippen LogP contribution in [-0.4, -0.2) is 59.2 Å². The second-order valence-electron chi connectivity index (χ2n) is 3.23. The van der Waals surface area contributed by atoms with E-state index >= 15 is 0 Å². The third-order valence-corrected chi connectivity index (χ3v) is 3.38. The lowest BCUT2D eigenvalue weighted by Gasteiger charge is -2.19. The van der Waals surface area contributed by atoms with Crippen LogP contribution in [0.1, 0.15) is 0 Å². The van der Waals surface area contributed by atoms with Crippen LogP contribution >= 0.6 is 35.0 Å². The third-order valence-electron chi connectivity index (χ3n) is 1.51. The Bertz CT molecular complexity index is 225. The second-order valence-corrected chi connectivity index (χ2v) is 5.84. The van der Waals surface area contributed by atoms with Crippen molar-refractivity contribution in [2.45, 2.75) is 9.42 Å². The molecule has 0 saturated heterocycles. The Morgan fingerprint density at radius 2 is 1.20 bits per heavy atom. The number of rotatable bonds is 4. The summed E-state index contributed by atoms with van der Waals surface area (Å²) in [6.45, 7) is 0. The zero-order chi connectivity index (χ0) is 12.2. The van der Waals surface area contributed by atoms with Gasteiger partial charge in [-0.1, -0.05) is 0 Å². The molecule has 15 heavy (non-hydrogen) atoms. The van der Waals surface area contributed by atoms with Crippen molar-refractivity contribution in [3.8, 4) is 0 Å². The van der Waals surface area contributed by atoms with E-state index in [9.17, 15) is 9.59 Å². The molecule has 0 spiro atoms. The monoisotopic (exact) mass is 272 g/mol. The molecule has 4 nitrogen and oxygen atoms in total. The highest BCUT2D eigenvalue weighted by Crippen LogP contribution is 2.26. The molecule has 88 valence electrons. The lowest BCUT2D eigenvalue weighted by atomic mass is 10.6. The predicted molar refractivity (Wildman–Crippen MR) is 64.3 cm³/mol. The highest BCUT2D eigenvalue weighted by molar-refractivity contribution is 8.04. The lowest BCUT2D eigenvalue weighted by molar-refractivity contribution is -0.126. The molecule has 0 radical (unpaired) electrons. The van der Waals surface area contributed by atoms with Gasteiger partial charge in [-0.25, -0.2) is 0 Å². The lowest BCUT2D eigenvalue weighted by Crippen LogP contribution is -2.33. The van der Waals surface area contributed by atoms with E-state index in [0.29, 0.717) is 0 Å². The molecule has 0 fully saturated rings. The molecule has 0 aliphatic rings. The Morgan fingerprint density at radius 3 is 1.40 bits per heavy atom. The van der Waals surface area contributed by atoms with Crippen LogP contribution in [0.3, 0.4) is 0 Å². The van der Waals surface area contributed by atoms with Gasteiger partial charge in [0.05, 0.1) is 0 Å². The maximum absolute atomic E-state index is 11.4. The summed E-state index contributed by atoms with van der Waals surface area (Å²) in [5, 5.41) is 0. The highest BCUT2D eigenvalue weighted by Gasteiger charge is 2.26. The first-order chi connectivity index (χ1) is 6.77. The minimum Gasteiger partial charge on any atom is -0.347 e. The molecule has 0 N–H and O–H groups in total. The van der Waals surface area contributed by atoms with Crippen LogP contribution in [0.15, 0.2) is 0 Å². The summed E-state index contributed by atoms with van der Waals surface area (Å²) in [6, 6.07) is 0. The summed E-state index contributed by atoms with van der Waals surface area (Å²) < 4.78 is -1.68. The molecule has 2 unspecified atom stereocenters. The van der Waals surface area contributed by atoms with Gasteiger partial charge in [0.2, 0.25) is 11.8 Å². The fourth-order valence-corrected chi connectivity index (χ4v) is 2.66. The van der Waals surface area contributed by atoms with E-state index in [1.165, 1.54) is 9.80 Å². The molecule has 0 aliphatic carbocycles. The number of hydrogen-bond donors (Lipinski definition) is 0. The molecule has 0 heterocycles. The molecule has 0 aromatic carbocycles. The van der Waals surface area contributed by atoms with E-state index in [1.807, 2.05) is 0 Å². The van der Waals surface area contributed by atoms with Crippen LogP contribution in [0, 0.1) is 0 Å². The maximum atomic E-state index is 11.4. The van der Waals surface area contributed by atoms with E-state index in [1.54, 1.807) is 28.2 Å². The van der Waals surface area contributed by atoms with E-state index in [-0.39, 0.29) is 11.8 Å². The number of halogens is 2. The summed E-state index contributed by atoms with van der Waals surface area (Å²) in [5.41, 5.74) is 0. The molecule has 2 atom stereocenters. The Kier molecular flexibility index (Phi) is 6.40. The van der Waals surface area contributed by atoms with Crippen molar-refractivity contribution >= 4 is 46.8 Å². The quantitative estimate of drug-likeness (QED) is 0.718. The topological polar surface area (TPSA) is 40.6 Å². The molecule has 0 aromatic rings. The number of hydrogen-bond acceptors (Lipinski definition) is 3. The van der Waals surface area contributed by atoms with E-state index in [4.69, 9.17) is 23.2 Å². The van der Waals surface area contributed by atoms with E-state index in [2.05, 4.69) is 0 Å². The summed E-state index contributed by atoms with van der Waals surface area (Å²) >= 11 is 12.5. The largest absolute Gasteiger partial charge is 0.347 e. The Balaban J connectivity index is 4.24. The molecular weight excluding hydrogens is 259 g/mol. The van der Waals surface area contributed by atoms with Crippen molar-refractivity contribution in [3.63, 3.8) is 0 Å². The van der Waals surface area contributed by atoms with Crippen LogP contribution in [0.5, 0.6) is 0 Å². The maximum Gasteiger partial charge on any atom is 0.250 e. The Hall–Kier alpha value is -0.130. The first kappa shape index (κ1) is 14.9. The van der Waals surface area contributed by atoms with Gasteiger partial charge in [-0.15, -0.1) is 35.0 Å². The first-order valence-electron chi connectivity index (χ1n) is 4.13. The third kappa shape index (κ3) is 4.95. The fourth-order valence-electron chi connectivity index (χ4n) is 0.627. The zero-order valence-corrected chi connectivity index (χ0v) is 11.4. The minimum absolute atomic E-state index is 0.279. The van der Waals surface area contributed by atoms with Gasteiger partial charge in [0.25, 0.3) is 0 Å². The summed E-state index contributed by atoms with van der Waals surface area (Å²) in [7, 11) is 6.37. The number of alkyl halides is 2. The van der Waals surface area contributed by atoms with Crippen molar-refractivity contribution < 1.29 is 9.59 Å². The molecule has 0 bridgehead atoms. The molecule has 0 aliphatic heterocycles. The van der Waals surface area contributed by atoms with Crippen LogP contribution in [0.2, 0.25) is 0 Å². The minimum atomic E-state index is -0.841. The molecule has 2 amide bonds. The van der Waals surface area contributed by atoms with Gasteiger partial charge in [-0.05, 0) is 0 Å². The van der Waals surface area contributed by atoms with Gasteiger partial charge in [0.15, 0.2) is 9.42 Å². The van der Waals surface area contributed by atoms with Crippen molar-refractivity contribution in [1.82, 2.24) is 9.80 Å². The number of carbonyl (C=O) groups is 2. The summed E-state index contributed by atoms with van der Waals surface area (Å²) in [6.07, 6.45) is 0.